The molecule has 4 rings (SSSR count). The quantitative estimate of drug-likeness (QED) is 0.482. The molecule has 0 spiro atoms. The molecule has 3 fully saturated rings. The number of carboxylic acid groups (broad SMARTS) is 1. The van der Waals surface area contributed by atoms with Crippen LogP contribution in [0.3, 0.4) is 0 Å². The van der Waals surface area contributed by atoms with Crippen LogP contribution in [0.25, 0.3) is 0 Å². The molecule has 3 nitrogen and oxygen atoms in total. The minimum atomic E-state index is -0.602. The van der Waals surface area contributed by atoms with E-state index in [-0.39, 0.29) is 22.7 Å². The zero-order chi connectivity index (χ0) is 22.6. The van der Waals surface area contributed by atoms with Crippen LogP contribution in [0, 0.1) is 52.3 Å². The Kier molecular flexibility index (Phi) is 6.03. The highest BCUT2D eigenvalue weighted by molar-refractivity contribution is 5.91. The monoisotopic (exact) mass is 426 g/mol. The molecule has 1 N–H and O–H groups in total. The Labute approximate surface area is 188 Å². The maximum Gasteiger partial charge on any atom is 0.306 e. The van der Waals surface area contributed by atoms with Gasteiger partial charge in [-0.2, -0.15) is 0 Å². The Morgan fingerprint density at radius 3 is 2.58 bits per heavy atom. The number of aliphatic carboxylic acids is 1. The molecule has 8 unspecified atom stereocenters. The first-order valence-corrected chi connectivity index (χ1v) is 12.7. The summed E-state index contributed by atoms with van der Waals surface area (Å²) in [5.41, 5.74) is 1.47. The molecule has 0 radical (unpaired) electrons. The Bertz CT molecular complexity index is 779. The third-order valence-corrected chi connectivity index (χ3v) is 10.5. The number of allylic oxidation sites excluding steroid dienone is 3. The molecule has 3 heteroatoms. The van der Waals surface area contributed by atoms with E-state index in [0.29, 0.717) is 35.4 Å². The van der Waals surface area contributed by atoms with Crippen LogP contribution in [0.5, 0.6) is 0 Å². The minimum Gasteiger partial charge on any atom is -0.481 e. The number of carboxylic acids is 1. The van der Waals surface area contributed by atoms with Gasteiger partial charge in [-0.3, -0.25) is 9.59 Å². The molecule has 0 saturated heterocycles. The largest absolute Gasteiger partial charge is 0.481 e. The first kappa shape index (κ1) is 22.8. The van der Waals surface area contributed by atoms with Crippen LogP contribution in [0.15, 0.2) is 24.3 Å². The van der Waals surface area contributed by atoms with Crippen LogP contribution < -0.4 is 0 Å². The number of fused-ring (bicyclic) bond motifs is 5. The fourth-order valence-electron chi connectivity index (χ4n) is 8.46. The normalized spacial score (nSPS) is 42.6. The smallest absolute Gasteiger partial charge is 0.306 e. The molecule has 0 heterocycles. The molecule has 0 aromatic carbocycles. The fourth-order valence-corrected chi connectivity index (χ4v) is 8.46. The summed E-state index contributed by atoms with van der Waals surface area (Å²) in [7, 11) is 0. The van der Waals surface area contributed by atoms with Crippen molar-refractivity contribution in [1.29, 1.82) is 0 Å². The molecule has 4 aliphatic carbocycles. The summed E-state index contributed by atoms with van der Waals surface area (Å²) in [5.74, 6) is 2.62. The Morgan fingerprint density at radius 1 is 1.16 bits per heavy atom. The lowest BCUT2D eigenvalue weighted by atomic mass is 9.45. The van der Waals surface area contributed by atoms with Crippen LogP contribution in [-0.4, -0.2) is 16.9 Å². The van der Waals surface area contributed by atoms with Crippen molar-refractivity contribution in [1.82, 2.24) is 0 Å². The van der Waals surface area contributed by atoms with Crippen LogP contribution in [0.1, 0.15) is 85.5 Å². The topological polar surface area (TPSA) is 54.4 Å². The van der Waals surface area contributed by atoms with Gasteiger partial charge in [0.25, 0.3) is 0 Å². The lowest BCUT2D eigenvalue weighted by molar-refractivity contribution is -0.148. The van der Waals surface area contributed by atoms with E-state index in [9.17, 15) is 14.7 Å². The number of ketones is 1. The summed E-state index contributed by atoms with van der Waals surface area (Å²) >= 11 is 0. The fraction of sp³-hybridized carbons (Fsp3) is 0.786. The second-order valence-corrected chi connectivity index (χ2v) is 12.0. The summed E-state index contributed by atoms with van der Waals surface area (Å²) in [6, 6.07) is 0. The summed E-state index contributed by atoms with van der Waals surface area (Å²) in [6.07, 6.45) is 13.3. The molecule has 172 valence electrons. The highest BCUT2D eigenvalue weighted by Gasteiger charge is 2.60. The van der Waals surface area contributed by atoms with Gasteiger partial charge in [-0.05, 0) is 104 Å². The maximum atomic E-state index is 12.4. The lowest BCUT2D eigenvalue weighted by Crippen LogP contribution is -2.53. The Morgan fingerprint density at radius 2 is 1.90 bits per heavy atom. The van der Waals surface area contributed by atoms with Gasteiger partial charge in [0.1, 0.15) is 0 Å². The van der Waals surface area contributed by atoms with Crippen molar-refractivity contribution in [2.45, 2.75) is 85.5 Å². The molecule has 0 aromatic heterocycles. The van der Waals surface area contributed by atoms with Crippen molar-refractivity contribution >= 4 is 11.8 Å². The maximum absolute atomic E-state index is 12.4. The van der Waals surface area contributed by atoms with E-state index < -0.39 is 5.97 Å². The van der Waals surface area contributed by atoms with Gasteiger partial charge in [0.2, 0.25) is 0 Å². The number of carbonyl (C=O) groups is 2. The zero-order valence-electron chi connectivity index (χ0n) is 20.0. The van der Waals surface area contributed by atoms with Crippen LogP contribution in [0.4, 0.5) is 0 Å². The van der Waals surface area contributed by atoms with Crippen LogP contribution >= 0.6 is 0 Å². The van der Waals surface area contributed by atoms with Gasteiger partial charge in [0.15, 0.2) is 5.78 Å². The van der Waals surface area contributed by atoms with Gasteiger partial charge in [-0.25, -0.2) is 0 Å². The van der Waals surface area contributed by atoms with E-state index in [2.05, 4.69) is 40.3 Å². The first-order chi connectivity index (χ1) is 14.6. The van der Waals surface area contributed by atoms with Crippen LogP contribution in [-0.2, 0) is 9.59 Å². The molecule has 31 heavy (non-hydrogen) atoms. The summed E-state index contributed by atoms with van der Waals surface area (Å²) in [6.45, 7) is 13.3. The standard InChI is InChI=1S/C28H42O3/c1-17(2)18(3)6-8-22(26(30)31)24-11-10-23-21-9-7-19-16-20(29)12-14-27(19,4)25(21)13-15-28(23,24)5/h12,14,17,19,21-25H,3,6-11,13,15-16H2,1-2,4-5H3,(H,30,31). The second kappa shape index (κ2) is 8.19. The molecule has 0 aromatic rings. The highest BCUT2D eigenvalue weighted by atomic mass is 16.4. The van der Waals surface area contributed by atoms with Crippen molar-refractivity contribution in [3.63, 3.8) is 0 Å². The summed E-state index contributed by atoms with van der Waals surface area (Å²) in [5, 5.41) is 10.2. The number of hydrogen-bond acceptors (Lipinski definition) is 2. The summed E-state index contributed by atoms with van der Waals surface area (Å²) in [4.78, 5) is 24.4. The Balaban J connectivity index is 1.55. The van der Waals surface area contributed by atoms with E-state index in [1.54, 1.807) is 0 Å². The third-order valence-electron chi connectivity index (χ3n) is 10.5. The molecule has 0 aliphatic heterocycles. The molecule has 0 bridgehead atoms. The first-order valence-electron chi connectivity index (χ1n) is 12.7. The summed E-state index contributed by atoms with van der Waals surface area (Å²) < 4.78 is 0. The number of carbonyl (C=O) groups excluding carboxylic acids is 1. The van der Waals surface area contributed by atoms with Gasteiger partial charge in [0.05, 0.1) is 5.92 Å². The average molecular weight is 427 g/mol. The molecular formula is C28H42O3. The average Bonchev–Trinajstić information content (AvgIpc) is 3.05. The van der Waals surface area contributed by atoms with Crippen molar-refractivity contribution in [2.24, 2.45) is 52.3 Å². The molecular weight excluding hydrogens is 384 g/mol. The van der Waals surface area contributed by atoms with E-state index in [1.165, 1.54) is 24.8 Å². The molecule has 8 atom stereocenters. The van der Waals surface area contributed by atoms with Crippen molar-refractivity contribution < 1.29 is 14.7 Å². The van der Waals surface area contributed by atoms with Gasteiger partial charge in [-0.1, -0.05) is 45.9 Å². The molecule has 3 saturated carbocycles. The van der Waals surface area contributed by atoms with Gasteiger partial charge in [-0.15, -0.1) is 0 Å². The van der Waals surface area contributed by atoms with Gasteiger partial charge < -0.3 is 5.11 Å². The molecule has 4 aliphatic rings. The minimum absolute atomic E-state index is 0.140. The van der Waals surface area contributed by atoms with Gasteiger partial charge >= 0.3 is 5.97 Å². The Hall–Kier alpha value is -1.38. The second-order valence-electron chi connectivity index (χ2n) is 12.0. The van der Waals surface area contributed by atoms with Crippen LogP contribution in [0.2, 0.25) is 0 Å². The van der Waals surface area contributed by atoms with Crippen molar-refractivity contribution in [2.75, 3.05) is 0 Å². The zero-order valence-corrected chi connectivity index (χ0v) is 20.0. The van der Waals surface area contributed by atoms with E-state index in [0.717, 1.165) is 38.5 Å². The predicted octanol–water partition coefficient (Wildman–Crippen LogP) is 6.68. The van der Waals surface area contributed by atoms with E-state index in [1.807, 2.05) is 6.08 Å². The number of hydrogen-bond donors (Lipinski definition) is 1. The SMILES string of the molecule is C=C(CCC(C(=O)O)C1CCC2C3CCC4CC(=O)C=CC4(C)C3CCC12C)C(C)C. The predicted molar refractivity (Wildman–Crippen MR) is 124 cm³/mol. The van der Waals surface area contributed by atoms with E-state index >= 15 is 0 Å². The lowest BCUT2D eigenvalue weighted by Gasteiger charge is -2.59. The number of rotatable bonds is 6. The molecule has 0 amide bonds. The highest BCUT2D eigenvalue weighted by Crippen LogP contribution is 2.67. The third kappa shape index (κ3) is 3.74. The van der Waals surface area contributed by atoms with Gasteiger partial charge in [0, 0.05) is 6.42 Å². The van der Waals surface area contributed by atoms with Crippen molar-refractivity contribution in [3.05, 3.63) is 24.3 Å². The van der Waals surface area contributed by atoms with Crippen molar-refractivity contribution in [3.8, 4) is 0 Å². The van der Waals surface area contributed by atoms with E-state index in [4.69, 9.17) is 0 Å².